The molecule has 5 rings (SSSR count). The smallest absolute Gasteiger partial charge is 0.407 e. The molecule has 0 spiro atoms. The highest BCUT2D eigenvalue weighted by Gasteiger charge is 2.29. The van der Waals surface area contributed by atoms with E-state index < -0.39 is 12.1 Å². The number of amides is 1. The van der Waals surface area contributed by atoms with Crippen molar-refractivity contribution >= 4 is 46.2 Å². The molecule has 0 aliphatic carbocycles. The fraction of sp³-hybridized carbons (Fsp3) is 0.409. The van der Waals surface area contributed by atoms with E-state index in [9.17, 15) is 14.7 Å². The van der Waals surface area contributed by atoms with Crippen LogP contribution in [0.2, 0.25) is 10.0 Å². The maximum Gasteiger partial charge on any atom is 0.407 e. The molecule has 2 heterocycles. The van der Waals surface area contributed by atoms with E-state index >= 15 is 0 Å². The van der Waals surface area contributed by atoms with Gasteiger partial charge in [0, 0.05) is 46.0 Å². The van der Waals surface area contributed by atoms with Crippen molar-refractivity contribution in [1.82, 2.24) is 19.9 Å². The molecule has 2 aromatic heterocycles. The maximum atomic E-state index is 13.3. The molecule has 0 aliphatic heterocycles. The highest BCUT2D eigenvalue weighted by Crippen LogP contribution is 2.44. The summed E-state index contributed by atoms with van der Waals surface area (Å²) in [5.41, 5.74) is 8.28. The van der Waals surface area contributed by atoms with Crippen LogP contribution < -0.4 is 10.1 Å². The van der Waals surface area contributed by atoms with Crippen molar-refractivity contribution < 1.29 is 28.9 Å². The lowest BCUT2D eigenvalue weighted by atomic mass is 9.93. The summed E-state index contributed by atoms with van der Waals surface area (Å²) >= 11 is 13.6. The van der Waals surface area contributed by atoms with E-state index in [0.717, 1.165) is 46.0 Å². The van der Waals surface area contributed by atoms with Crippen LogP contribution in [0.4, 0.5) is 4.79 Å². The topological polar surface area (TPSA) is 125 Å². The summed E-state index contributed by atoms with van der Waals surface area (Å²) in [5, 5.41) is 15.8. The molecule has 0 unspecified atom stereocenters. The number of fused-ring (bicyclic) bond motifs is 1. The van der Waals surface area contributed by atoms with Gasteiger partial charge in [-0.3, -0.25) is 0 Å². The van der Waals surface area contributed by atoms with Crippen LogP contribution in [-0.4, -0.2) is 51.5 Å². The first-order valence-corrected chi connectivity index (χ1v) is 20.1. The number of hydrogen-bond donors (Lipinski definition) is 2. The van der Waals surface area contributed by atoms with Gasteiger partial charge in [-0.1, -0.05) is 73.8 Å². The number of hydrogen-bond acceptors (Lipinski definition) is 7. The molecule has 0 bridgehead atoms. The summed E-state index contributed by atoms with van der Waals surface area (Å²) in [4.78, 5) is 35.4. The van der Waals surface area contributed by atoms with E-state index in [1.807, 2.05) is 94.6 Å². The third kappa shape index (κ3) is 10.2. The number of ether oxygens (including phenoxy) is 3. The first-order chi connectivity index (χ1) is 26.9. The number of aromatic nitrogens is 3. The number of aryl methyl sites for hydroxylation is 7. The lowest BCUT2D eigenvalue weighted by Gasteiger charge is -2.18. The third-order valence-electron chi connectivity index (χ3n) is 9.76. The van der Waals surface area contributed by atoms with Crippen LogP contribution in [0.25, 0.3) is 22.0 Å². The molecule has 298 valence electrons. The van der Waals surface area contributed by atoms with Crippen molar-refractivity contribution in [2.45, 2.75) is 99.8 Å². The highest BCUT2D eigenvalue weighted by molar-refractivity contribution is 6.35. The van der Waals surface area contributed by atoms with Crippen molar-refractivity contribution in [3.8, 4) is 16.9 Å². The Kier molecular flexibility index (Phi) is 15.2. The molecule has 0 saturated carbocycles. The first kappa shape index (κ1) is 42.5. The van der Waals surface area contributed by atoms with Crippen LogP contribution in [0.5, 0.6) is 5.75 Å². The Labute approximate surface area is 339 Å². The number of carbonyl (C=O) groups excluding carboxylic acids is 1. The van der Waals surface area contributed by atoms with Crippen molar-refractivity contribution in [3.05, 3.63) is 109 Å². The molecule has 12 heteroatoms. The standard InChI is InChI=1S/C44H52Cl2N4O6/c1-7-9-20-56-44(53)47-18-14-19-50-41(43(51)52)34(17-13-21-55-33-22-27(3)40(46)28(4)23-33)38-32(8-2)24-35(45)39(42(38)50)37-29(5)48-36(49-30(37)6)26-54-25-31-15-11-10-12-16-31/h10-12,15-16,22-24H,7-9,13-14,17-21,25-26H2,1-6H3,(H,47,53)(H,51,52). The van der Waals surface area contributed by atoms with Crippen molar-refractivity contribution in [2.24, 2.45) is 0 Å². The number of aromatic carboxylic acids is 1. The molecule has 2 N–H and O–H groups in total. The monoisotopic (exact) mass is 802 g/mol. The van der Waals surface area contributed by atoms with Gasteiger partial charge >= 0.3 is 12.1 Å². The minimum absolute atomic E-state index is 0.184. The van der Waals surface area contributed by atoms with Gasteiger partial charge in [0.1, 0.15) is 18.1 Å². The van der Waals surface area contributed by atoms with Gasteiger partial charge < -0.3 is 29.2 Å². The summed E-state index contributed by atoms with van der Waals surface area (Å²) in [6.07, 6.45) is 3.29. The first-order valence-electron chi connectivity index (χ1n) is 19.3. The number of carboxylic acid groups (broad SMARTS) is 1. The number of benzene rings is 3. The average Bonchev–Trinajstić information content (AvgIpc) is 3.48. The maximum absolute atomic E-state index is 13.3. The zero-order valence-corrected chi connectivity index (χ0v) is 34.7. The number of halogens is 2. The Hall–Kier alpha value is -4.64. The SMILES string of the molecule is CCCCOC(=O)NCCCn1c(C(=O)O)c(CCCOc2cc(C)c(Cl)c(C)c2)c2c(CC)cc(Cl)c(-c3c(C)nc(COCc4ccccc4)nc3C)c21. The minimum Gasteiger partial charge on any atom is -0.494 e. The number of carboxylic acids is 1. The van der Waals surface area contributed by atoms with Crippen LogP contribution in [0, 0.1) is 27.7 Å². The number of nitrogens with one attached hydrogen (secondary N) is 1. The lowest BCUT2D eigenvalue weighted by Crippen LogP contribution is -2.26. The fourth-order valence-corrected chi connectivity index (χ4v) is 7.60. The van der Waals surface area contributed by atoms with E-state index in [1.54, 1.807) is 0 Å². The summed E-state index contributed by atoms with van der Waals surface area (Å²) in [6.45, 7) is 13.8. The quantitative estimate of drug-likeness (QED) is 0.0791. The molecule has 3 aromatic carbocycles. The molecule has 10 nitrogen and oxygen atoms in total. The van der Waals surface area contributed by atoms with E-state index in [2.05, 4.69) is 5.32 Å². The second kappa shape index (κ2) is 20.0. The molecule has 0 fully saturated rings. The van der Waals surface area contributed by atoms with Gasteiger partial charge in [-0.2, -0.15) is 0 Å². The van der Waals surface area contributed by atoms with Gasteiger partial charge in [0.15, 0.2) is 5.82 Å². The largest absolute Gasteiger partial charge is 0.494 e. The van der Waals surface area contributed by atoms with Crippen molar-refractivity contribution in [1.29, 1.82) is 0 Å². The summed E-state index contributed by atoms with van der Waals surface area (Å²) in [5.74, 6) is 0.212. The molecule has 0 atom stereocenters. The van der Waals surface area contributed by atoms with Gasteiger partial charge in [-0.15, -0.1) is 0 Å². The number of nitrogens with zero attached hydrogens (tertiary/aromatic N) is 3. The van der Waals surface area contributed by atoms with Crippen molar-refractivity contribution in [3.63, 3.8) is 0 Å². The number of alkyl carbamates (subject to hydrolysis) is 1. The van der Waals surface area contributed by atoms with E-state index in [4.69, 9.17) is 47.4 Å². The van der Waals surface area contributed by atoms with Gasteiger partial charge in [-0.25, -0.2) is 19.6 Å². The predicted octanol–water partition coefficient (Wildman–Crippen LogP) is 10.5. The molecular weight excluding hydrogens is 751 g/mol. The molecule has 56 heavy (non-hydrogen) atoms. The summed E-state index contributed by atoms with van der Waals surface area (Å²) in [7, 11) is 0. The lowest BCUT2D eigenvalue weighted by molar-refractivity contribution is 0.0683. The van der Waals surface area contributed by atoms with E-state index in [-0.39, 0.29) is 12.3 Å². The van der Waals surface area contributed by atoms with Crippen LogP contribution in [0.3, 0.4) is 0 Å². The Morgan fingerprint density at radius 2 is 1.57 bits per heavy atom. The summed E-state index contributed by atoms with van der Waals surface area (Å²) < 4.78 is 19.2. The van der Waals surface area contributed by atoms with Gasteiger partial charge in [0.05, 0.1) is 30.4 Å². The second-order valence-corrected chi connectivity index (χ2v) is 14.8. The molecule has 1 amide bonds. The highest BCUT2D eigenvalue weighted by atomic mass is 35.5. The number of unbranched alkanes of at least 4 members (excludes halogenated alkanes) is 1. The molecule has 0 radical (unpaired) electrons. The predicted molar refractivity (Wildman–Crippen MR) is 222 cm³/mol. The minimum atomic E-state index is -1.05. The summed E-state index contributed by atoms with van der Waals surface area (Å²) in [6, 6.07) is 15.7. The second-order valence-electron chi connectivity index (χ2n) is 14.0. The average molecular weight is 804 g/mol. The zero-order chi connectivity index (χ0) is 40.4. The fourth-order valence-electron chi connectivity index (χ4n) is 7.18. The van der Waals surface area contributed by atoms with Crippen LogP contribution in [0.15, 0.2) is 48.5 Å². The van der Waals surface area contributed by atoms with Gasteiger partial charge in [0.2, 0.25) is 0 Å². The van der Waals surface area contributed by atoms with Crippen LogP contribution in [0.1, 0.15) is 95.0 Å². The molecule has 0 aliphatic rings. The van der Waals surface area contributed by atoms with Crippen LogP contribution in [-0.2, 0) is 42.1 Å². The zero-order valence-electron chi connectivity index (χ0n) is 33.2. The van der Waals surface area contributed by atoms with Crippen LogP contribution >= 0.6 is 23.2 Å². The van der Waals surface area contributed by atoms with E-state index in [1.165, 1.54) is 0 Å². The number of rotatable bonds is 19. The number of carbonyl (C=O) groups is 2. The Morgan fingerprint density at radius 3 is 2.21 bits per heavy atom. The normalized spacial score (nSPS) is 11.3. The Balaban J connectivity index is 1.55. The molecule has 0 saturated heterocycles. The van der Waals surface area contributed by atoms with Gasteiger partial charge in [0.25, 0.3) is 0 Å². The Morgan fingerprint density at radius 1 is 0.875 bits per heavy atom. The third-order valence-corrected chi connectivity index (χ3v) is 10.7. The molecular formula is C44H52Cl2N4O6. The molecule has 5 aromatic rings. The van der Waals surface area contributed by atoms with E-state index in [0.29, 0.717) is 108 Å². The Bertz CT molecular complexity index is 2120. The van der Waals surface area contributed by atoms with Crippen molar-refractivity contribution in [2.75, 3.05) is 19.8 Å². The van der Waals surface area contributed by atoms with Gasteiger partial charge in [-0.05, 0) is 106 Å².